The number of carbonyl (C=O) groups is 1. The van der Waals surface area contributed by atoms with Gasteiger partial charge in [0.15, 0.2) is 0 Å². The molecule has 3 nitrogen and oxygen atoms in total. The topological polar surface area (TPSA) is 46.5 Å². The Kier molecular flexibility index (Phi) is 11.8. The fourth-order valence-electron chi connectivity index (χ4n) is 1.09. The van der Waals surface area contributed by atoms with Gasteiger partial charge in [0.2, 0.25) is 0 Å². The summed E-state index contributed by atoms with van der Waals surface area (Å²) in [5.74, 6) is 0.404. The fraction of sp³-hybridized carbons (Fsp3) is 0.889. The third kappa shape index (κ3) is 9.81. The van der Waals surface area contributed by atoms with Gasteiger partial charge < -0.3 is 9.84 Å². The van der Waals surface area contributed by atoms with E-state index in [0.29, 0.717) is 12.5 Å². The van der Waals surface area contributed by atoms with Gasteiger partial charge in [0.05, 0.1) is 6.61 Å². The summed E-state index contributed by atoms with van der Waals surface area (Å²) in [6, 6.07) is 0. The molecule has 0 spiro atoms. The Bertz CT molecular complexity index is 128. The number of ether oxygens (including phenoxy) is 1. The largest absolute Gasteiger partial charge is 0.505 e. The quantitative estimate of drug-likeness (QED) is 0.573. The van der Waals surface area contributed by atoms with Gasteiger partial charge >= 0.3 is 6.16 Å². The molecule has 13 heavy (non-hydrogen) atoms. The van der Waals surface area contributed by atoms with E-state index >= 15 is 0 Å². The van der Waals surface area contributed by atoms with Crippen LogP contribution in [0.1, 0.15) is 39.5 Å². The molecule has 0 aromatic heterocycles. The molecule has 0 bridgehead atoms. The van der Waals surface area contributed by atoms with Crippen molar-refractivity contribution >= 4 is 6.16 Å². The third-order valence-electron chi connectivity index (χ3n) is 1.99. The Morgan fingerprint density at radius 3 is 2.46 bits per heavy atom. The Morgan fingerprint density at radius 2 is 2.08 bits per heavy atom. The normalized spacial score (nSPS) is 11.5. The standard InChI is InChI=1S/C9H18O3.Zn/c1-3-5-6-8(4-2)7-12-9(10)11;/h8H,3-7H2,1-2H3,(H,10,11);. The van der Waals surface area contributed by atoms with Crippen molar-refractivity contribution in [1.29, 1.82) is 0 Å². The van der Waals surface area contributed by atoms with E-state index in [1.807, 2.05) is 0 Å². The maximum Gasteiger partial charge on any atom is 0.505 e. The first-order valence-electron chi connectivity index (χ1n) is 4.56. The number of rotatable bonds is 6. The maximum absolute atomic E-state index is 10.1. The summed E-state index contributed by atoms with van der Waals surface area (Å²) in [4.78, 5) is 10.1. The second-order valence-corrected chi connectivity index (χ2v) is 2.99. The summed E-state index contributed by atoms with van der Waals surface area (Å²) in [6.45, 7) is 4.54. The van der Waals surface area contributed by atoms with Crippen LogP contribution in [0.4, 0.5) is 4.79 Å². The van der Waals surface area contributed by atoms with Gasteiger partial charge in [-0.05, 0) is 12.3 Å². The van der Waals surface area contributed by atoms with Gasteiger partial charge in [-0.3, -0.25) is 0 Å². The summed E-state index contributed by atoms with van der Waals surface area (Å²) in [7, 11) is 0. The second kappa shape index (κ2) is 9.98. The van der Waals surface area contributed by atoms with Crippen molar-refractivity contribution in [3.05, 3.63) is 0 Å². The van der Waals surface area contributed by atoms with Crippen LogP contribution >= 0.6 is 0 Å². The molecule has 4 heteroatoms. The van der Waals surface area contributed by atoms with Crippen LogP contribution in [0.15, 0.2) is 0 Å². The Hall–Kier alpha value is -0.107. The Morgan fingerprint density at radius 1 is 1.46 bits per heavy atom. The number of hydrogen-bond donors (Lipinski definition) is 1. The average molecular weight is 240 g/mol. The Balaban J connectivity index is 0. The third-order valence-corrected chi connectivity index (χ3v) is 1.99. The molecule has 0 aliphatic carbocycles. The van der Waals surface area contributed by atoms with Crippen LogP contribution in [0.2, 0.25) is 0 Å². The van der Waals surface area contributed by atoms with Crippen molar-refractivity contribution in [3.8, 4) is 0 Å². The zero-order valence-corrected chi connectivity index (χ0v) is 11.6. The van der Waals surface area contributed by atoms with E-state index in [9.17, 15) is 4.79 Å². The molecule has 0 saturated heterocycles. The van der Waals surface area contributed by atoms with Gasteiger partial charge in [0.25, 0.3) is 0 Å². The molecule has 0 rings (SSSR count). The van der Waals surface area contributed by atoms with Crippen molar-refractivity contribution in [1.82, 2.24) is 0 Å². The zero-order valence-electron chi connectivity index (χ0n) is 8.58. The first kappa shape index (κ1) is 15.4. The van der Waals surface area contributed by atoms with Crippen LogP contribution in [0.5, 0.6) is 0 Å². The van der Waals surface area contributed by atoms with Gasteiger partial charge in [-0.25, -0.2) is 4.79 Å². The molecule has 74 valence electrons. The molecule has 0 aliphatic heterocycles. The minimum Gasteiger partial charge on any atom is -0.450 e. The van der Waals surface area contributed by atoms with E-state index in [0.717, 1.165) is 25.7 Å². The maximum atomic E-state index is 10.1. The first-order valence-corrected chi connectivity index (χ1v) is 4.56. The molecule has 0 aliphatic rings. The molecule has 0 radical (unpaired) electrons. The predicted octanol–water partition coefficient (Wildman–Crippen LogP) is 2.89. The molecular formula is C9H18O3Zn. The number of hydrogen-bond acceptors (Lipinski definition) is 2. The minimum absolute atomic E-state index is 0. The van der Waals surface area contributed by atoms with Crippen molar-refractivity contribution in [2.24, 2.45) is 5.92 Å². The summed E-state index contributed by atoms with van der Waals surface area (Å²) >= 11 is 0. The molecule has 0 heterocycles. The van der Waals surface area contributed by atoms with Crippen LogP contribution in [0.25, 0.3) is 0 Å². The summed E-state index contributed by atoms with van der Waals surface area (Å²) < 4.78 is 4.51. The molecule has 1 N–H and O–H groups in total. The molecule has 0 saturated carbocycles. The van der Waals surface area contributed by atoms with Gasteiger partial charge in [0.1, 0.15) is 0 Å². The molecule has 0 aromatic rings. The molecular weight excluding hydrogens is 221 g/mol. The Labute approximate surface area is 92.6 Å². The van der Waals surface area contributed by atoms with Crippen LogP contribution in [-0.4, -0.2) is 17.9 Å². The smallest absolute Gasteiger partial charge is 0.450 e. The second-order valence-electron chi connectivity index (χ2n) is 2.99. The van der Waals surface area contributed by atoms with Crippen LogP contribution in [-0.2, 0) is 24.2 Å². The fourth-order valence-corrected chi connectivity index (χ4v) is 1.09. The van der Waals surface area contributed by atoms with Crippen molar-refractivity contribution < 1.29 is 34.1 Å². The van der Waals surface area contributed by atoms with Crippen LogP contribution in [0, 0.1) is 5.92 Å². The van der Waals surface area contributed by atoms with Crippen LogP contribution in [0.3, 0.4) is 0 Å². The van der Waals surface area contributed by atoms with Gasteiger partial charge in [-0.2, -0.15) is 0 Å². The minimum atomic E-state index is -1.16. The van der Waals surface area contributed by atoms with Gasteiger partial charge in [-0.1, -0.05) is 33.1 Å². The van der Waals surface area contributed by atoms with Gasteiger partial charge in [0, 0.05) is 19.5 Å². The average Bonchev–Trinajstić information content (AvgIpc) is 2.05. The van der Waals surface area contributed by atoms with E-state index in [-0.39, 0.29) is 19.5 Å². The first-order chi connectivity index (χ1) is 5.70. The molecule has 0 fully saturated rings. The number of carboxylic acid groups (broad SMARTS) is 1. The monoisotopic (exact) mass is 238 g/mol. The molecule has 1 unspecified atom stereocenters. The predicted molar refractivity (Wildman–Crippen MR) is 47.3 cm³/mol. The molecule has 0 aromatic carbocycles. The van der Waals surface area contributed by atoms with E-state index < -0.39 is 6.16 Å². The van der Waals surface area contributed by atoms with E-state index in [1.165, 1.54) is 0 Å². The van der Waals surface area contributed by atoms with E-state index in [2.05, 4.69) is 18.6 Å². The molecule has 0 amide bonds. The van der Waals surface area contributed by atoms with Crippen molar-refractivity contribution in [2.75, 3.05) is 6.61 Å². The van der Waals surface area contributed by atoms with E-state index in [1.54, 1.807) is 0 Å². The van der Waals surface area contributed by atoms with Crippen LogP contribution < -0.4 is 0 Å². The summed E-state index contributed by atoms with van der Waals surface area (Å²) in [5, 5.41) is 8.26. The number of unbranched alkanes of at least 4 members (excludes halogenated alkanes) is 1. The summed E-state index contributed by atoms with van der Waals surface area (Å²) in [6.07, 6.45) is 3.21. The zero-order chi connectivity index (χ0) is 9.40. The van der Waals surface area contributed by atoms with Crippen molar-refractivity contribution in [2.45, 2.75) is 39.5 Å². The van der Waals surface area contributed by atoms with Gasteiger partial charge in [-0.15, -0.1) is 0 Å². The van der Waals surface area contributed by atoms with Crippen molar-refractivity contribution in [3.63, 3.8) is 0 Å². The molecule has 1 atom stereocenters. The summed E-state index contributed by atoms with van der Waals surface area (Å²) in [5.41, 5.74) is 0. The SMILES string of the molecule is CCCCC(CC)COC(=O)O.[Zn]. The van der Waals surface area contributed by atoms with E-state index in [4.69, 9.17) is 5.11 Å².